The maximum Gasteiger partial charge on any atom is 0.270 e. The van der Waals surface area contributed by atoms with Crippen LogP contribution in [0.2, 0.25) is 0 Å². The first-order chi connectivity index (χ1) is 13.5. The molecule has 0 radical (unpaired) electrons. The number of piperidine rings is 1. The summed E-state index contributed by atoms with van der Waals surface area (Å²) in [6.07, 6.45) is 3.21. The van der Waals surface area contributed by atoms with Crippen LogP contribution in [0.5, 0.6) is 11.5 Å². The van der Waals surface area contributed by atoms with E-state index >= 15 is 0 Å². The average Bonchev–Trinajstić information content (AvgIpc) is 2.74. The van der Waals surface area contributed by atoms with Crippen LogP contribution < -0.4 is 19.7 Å². The highest BCUT2D eigenvalue weighted by Gasteiger charge is 2.22. The number of nitro benzene ring substituents is 1. The lowest BCUT2D eigenvalue weighted by Gasteiger charge is -2.30. The lowest BCUT2D eigenvalue weighted by molar-refractivity contribution is -0.384. The molecule has 1 aliphatic heterocycles. The monoisotopic (exact) mass is 385 g/mol. The molecule has 8 heteroatoms. The minimum Gasteiger partial charge on any atom is -0.497 e. The first-order valence-electron chi connectivity index (χ1n) is 9.10. The quantitative estimate of drug-likeness (QED) is 0.599. The highest BCUT2D eigenvalue weighted by Crippen LogP contribution is 2.32. The number of nitrogens with zero attached hydrogens (tertiary/aromatic N) is 2. The normalized spacial score (nSPS) is 13.7. The van der Waals surface area contributed by atoms with Crippen molar-refractivity contribution in [1.29, 1.82) is 0 Å². The fourth-order valence-corrected chi connectivity index (χ4v) is 3.32. The van der Waals surface area contributed by atoms with E-state index in [1.165, 1.54) is 19.2 Å². The predicted octanol–water partition coefficient (Wildman–Crippen LogP) is 3.85. The third-order valence-corrected chi connectivity index (χ3v) is 4.79. The maximum absolute atomic E-state index is 13.0. The number of ether oxygens (including phenoxy) is 2. The van der Waals surface area contributed by atoms with Crippen LogP contribution in [-0.4, -0.2) is 38.1 Å². The minimum atomic E-state index is -0.495. The molecular weight excluding hydrogens is 362 g/mol. The molecule has 1 aliphatic rings. The molecule has 8 nitrogen and oxygen atoms in total. The summed E-state index contributed by atoms with van der Waals surface area (Å²) < 4.78 is 10.5. The molecule has 1 amide bonds. The van der Waals surface area contributed by atoms with Crippen molar-refractivity contribution in [2.45, 2.75) is 19.3 Å². The summed E-state index contributed by atoms with van der Waals surface area (Å²) >= 11 is 0. The molecule has 0 spiro atoms. The SMILES string of the molecule is COc1ccc(NC(=O)c2cc([N+](=O)[O-])ccc2N2CCCCC2)c(OC)c1. The van der Waals surface area contributed by atoms with Crippen LogP contribution in [0, 0.1) is 10.1 Å². The van der Waals surface area contributed by atoms with Crippen LogP contribution in [-0.2, 0) is 0 Å². The molecular formula is C20H23N3O5. The first-order valence-corrected chi connectivity index (χ1v) is 9.10. The Hall–Kier alpha value is -3.29. The van der Waals surface area contributed by atoms with Gasteiger partial charge in [0.05, 0.1) is 36.1 Å². The van der Waals surface area contributed by atoms with E-state index in [2.05, 4.69) is 10.2 Å². The van der Waals surface area contributed by atoms with Gasteiger partial charge >= 0.3 is 0 Å². The topological polar surface area (TPSA) is 93.9 Å². The zero-order valence-electron chi connectivity index (χ0n) is 15.9. The van der Waals surface area contributed by atoms with E-state index in [0.717, 1.165) is 32.4 Å². The molecule has 3 rings (SSSR count). The number of anilines is 2. The van der Waals surface area contributed by atoms with E-state index in [1.54, 1.807) is 31.4 Å². The summed E-state index contributed by atoms with van der Waals surface area (Å²) in [5.74, 6) is 0.615. The first kappa shape index (κ1) is 19.5. The number of hydrogen-bond acceptors (Lipinski definition) is 6. The fraction of sp³-hybridized carbons (Fsp3) is 0.350. The molecule has 0 aromatic heterocycles. The van der Waals surface area contributed by atoms with Gasteiger partial charge in [-0.15, -0.1) is 0 Å². The Bertz CT molecular complexity index is 878. The van der Waals surface area contributed by atoms with Gasteiger partial charge in [0.1, 0.15) is 11.5 Å². The van der Waals surface area contributed by atoms with Gasteiger partial charge < -0.3 is 19.7 Å². The van der Waals surface area contributed by atoms with Crippen LogP contribution in [0.4, 0.5) is 17.1 Å². The second-order valence-electron chi connectivity index (χ2n) is 6.53. The Morgan fingerprint density at radius 2 is 1.82 bits per heavy atom. The van der Waals surface area contributed by atoms with Crippen molar-refractivity contribution in [3.05, 3.63) is 52.1 Å². The lowest BCUT2D eigenvalue weighted by Crippen LogP contribution is -2.31. The summed E-state index contributed by atoms with van der Waals surface area (Å²) in [6.45, 7) is 1.65. The molecule has 1 heterocycles. The lowest BCUT2D eigenvalue weighted by atomic mass is 10.1. The highest BCUT2D eigenvalue weighted by molar-refractivity contribution is 6.09. The molecule has 0 saturated carbocycles. The number of carbonyl (C=O) groups is 1. The van der Waals surface area contributed by atoms with Crippen molar-refractivity contribution >= 4 is 23.0 Å². The van der Waals surface area contributed by atoms with E-state index in [0.29, 0.717) is 22.9 Å². The number of benzene rings is 2. The molecule has 2 aromatic rings. The summed E-state index contributed by atoms with van der Waals surface area (Å²) in [6, 6.07) is 9.47. The molecule has 1 N–H and O–H groups in total. The van der Waals surface area contributed by atoms with E-state index in [9.17, 15) is 14.9 Å². The maximum atomic E-state index is 13.0. The largest absolute Gasteiger partial charge is 0.497 e. The van der Waals surface area contributed by atoms with Gasteiger partial charge in [-0.3, -0.25) is 14.9 Å². The van der Waals surface area contributed by atoms with Gasteiger partial charge in [0, 0.05) is 31.3 Å². The molecule has 0 bridgehead atoms. The van der Waals surface area contributed by atoms with Crippen molar-refractivity contribution in [2.75, 3.05) is 37.5 Å². The third-order valence-electron chi connectivity index (χ3n) is 4.79. The number of amides is 1. The molecule has 148 valence electrons. The summed E-state index contributed by atoms with van der Waals surface area (Å²) in [4.78, 5) is 25.9. The predicted molar refractivity (Wildman–Crippen MR) is 107 cm³/mol. The van der Waals surface area contributed by atoms with Crippen LogP contribution >= 0.6 is 0 Å². The van der Waals surface area contributed by atoms with E-state index in [4.69, 9.17) is 9.47 Å². The molecule has 1 fully saturated rings. The van der Waals surface area contributed by atoms with Gasteiger partial charge in [-0.25, -0.2) is 0 Å². The van der Waals surface area contributed by atoms with Gasteiger partial charge in [0.2, 0.25) is 0 Å². The minimum absolute atomic E-state index is 0.118. The number of hydrogen-bond donors (Lipinski definition) is 1. The number of rotatable bonds is 6. The van der Waals surface area contributed by atoms with Crippen LogP contribution in [0.15, 0.2) is 36.4 Å². The van der Waals surface area contributed by atoms with Crippen LogP contribution in [0.3, 0.4) is 0 Å². The van der Waals surface area contributed by atoms with Crippen LogP contribution in [0.1, 0.15) is 29.6 Å². The van der Waals surface area contributed by atoms with Gasteiger partial charge in [-0.1, -0.05) is 0 Å². The molecule has 2 aromatic carbocycles. The molecule has 1 saturated heterocycles. The average molecular weight is 385 g/mol. The van der Waals surface area contributed by atoms with Gasteiger partial charge in [-0.05, 0) is 37.5 Å². The van der Waals surface area contributed by atoms with E-state index in [-0.39, 0.29) is 11.3 Å². The highest BCUT2D eigenvalue weighted by atomic mass is 16.6. The smallest absolute Gasteiger partial charge is 0.270 e. The van der Waals surface area contributed by atoms with Crippen molar-refractivity contribution in [3.63, 3.8) is 0 Å². The van der Waals surface area contributed by atoms with E-state index < -0.39 is 10.8 Å². The zero-order valence-corrected chi connectivity index (χ0v) is 15.9. The number of nitro groups is 1. The van der Waals surface area contributed by atoms with Crippen molar-refractivity contribution in [2.24, 2.45) is 0 Å². The summed E-state index contributed by atoms with van der Waals surface area (Å²) in [7, 11) is 3.04. The summed E-state index contributed by atoms with van der Waals surface area (Å²) in [5.41, 5.74) is 1.32. The van der Waals surface area contributed by atoms with Crippen molar-refractivity contribution in [1.82, 2.24) is 0 Å². The van der Waals surface area contributed by atoms with Crippen molar-refractivity contribution < 1.29 is 19.2 Å². The molecule has 0 aliphatic carbocycles. The Morgan fingerprint density at radius 1 is 1.07 bits per heavy atom. The van der Waals surface area contributed by atoms with Gasteiger partial charge in [0.25, 0.3) is 11.6 Å². The molecule has 0 unspecified atom stereocenters. The Kier molecular flexibility index (Phi) is 5.98. The third kappa shape index (κ3) is 4.16. The Labute approximate surface area is 163 Å². The number of non-ortho nitro benzene ring substituents is 1. The van der Waals surface area contributed by atoms with E-state index in [1.807, 2.05) is 0 Å². The van der Waals surface area contributed by atoms with Crippen LogP contribution in [0.25, 0.3) is 0 Å². The molecule has 0 atom stereocenters. The number of carbonyl (C=O) groups excluding carboxylic acids is 1. The summed E-state index contributed by atoms with van der Waals surface area (Å²) in [5, 5.41) is 14.0. The number of nitrogens with one attached hydrogen (secondary N) is 1. The Morgan fingerprint density at radius 3 is 2.46 bits per heavy atom. The Balaban J connectivity index is 1.95. The van der Waals surface area contributed by atoms with Gasteiger partial charge in [-0.2, -0.15) is 0 Å². The fourth-order valence-electron chi connectivity index (χ4n) is 3.32. The standard InChI is InChI=1S/C20H23N3O5/c1-27-15-7-8-17(19(13-15)28-2)21-20(24)16-12-14(23(25)26)6-9-18(16)22-10-4-3-5-11-22/h6-9,12-13H,3-5,10-11H2,1-2H3,(H,21,24). The van der Waals surface area contributed by atoms with Gasteiger partial charge in [0.15, 0.2) is 0 Å². The second kappa shape index (κ2) is 8.60. The van der Waals surface area contributed by atoms with Crippen molar-refractivity contribution in [3.8, 4) is 11.5 Å². The second-order valence-corrected chi connectivity index (χ2v) is 6.53. The zero-order chi connectivity index (χ0) is 20.1. The molecule has 28 heavy (non-hydrogen) atoms. The number of methoxy groups -OCH3 is 2.